The molecular formula is C16H22F2O. The quantitative estimate of drug-likeness (QED) is 0.839. The summed E-state index contributed by atoms with van der Waals surface area (Å²) in [5.41, 5.74) is 4.29. The molecule has 1 fully saturated rings. The molecule has 106 valence electrons. The predicted molar refractivity (Wildman–Crippen MR) is 72.5 cm³/mol. The average molecular weight is 268 g/mol. The Labute approximate surface area is 113 Å². The van der Waals surface area contributed by atoms with Gasteiger partial charge in [-0.2, -0.15) is 0 Å². The molecule has 1 aromatic rings. The molecule has 1 aliphatic rings. The average Bonchev–Trinajstić information content (AvgIpc) is 2.33. The maximum atomic E-state index is 13.2. The van der Waals surface area contributed by atoms with Crippen LogP contribution in [0.15, 0.2) is 12.1 Å². The molecule has 1 nitrogen and oxygen atoms in total. The van der Waals surface area contributed by atoms with Gasteiger partial charge < -0.3 is 5.11 Å². The number of hydrogen-bond acceptors (Lipinski definition) is 1. The Kier molecular flexibility index (Phi) is 3.95. The smallest absolute Gasteiger partial charge is 0.248 e. The number of aryl methyl sites for hydroxylation is 3. The van der Waals surface area contributed by atoms with Crippen molar-refractivity contribution in [3.63, 3.8) is 0 Å². The topological polar surface area (TPSA) is 20.2 Å². The summed E-state index contributed by atoms with van der Waals surface area (Å²) in [7, 11) is 0. The van der Waals surface area contributed by atoms with Crippen LogP contribution in [0.1, 0.15) is 54.0 Å². The standard InChI is InChI=1S/C16H22F2O/c1-10-8-12(3)14(9-11(10)2)15(19)13-4-6-16(17,18)7-5-13/h8-9,13,15,19H,4-7H2,1-3H3. The number of benzene rings is 1. The van der Waals surface area contributed by atoms with Crippen molar-refractivity contribution in [3.05, 3.63) is 34.4 Å². The lowest BCUT2D eigenvalue weighted by Gasteiger charge is -2.32. The van der Waals surface area contributed by atoms with Crippen LogP contribution in [0, 0.1) is 26.7 Å². The van der Waals surface area contributed by atoms with Crippen LogP contribution in [-0.4, -0.2) is 11.0 Å². The first kappa shape index (κ1) is 14.4. The zero-order valence-electron chi connectivity index (χ0n) is 11.8. The number of aliphatic hydroxyl groups is 1. The molecule has 0 heterocycles. The first-order valence-corrected chi connectivity index (χ1v) is 6.94. The van der Waals surface area contributed by atoms with E-state index in [-0.39, 0.29) is 18.8 Å². The zero-order chi connectivity index (χ0) is 14.2. The van der Waals surface area contributed by atoms with Crippen LogP contribution in [0.25, 0.3) is 0 Å². The summed E-state index contributed by atoms with van der Waals surface area (Å²) in [5.74, 6) is -2.57. The van der Waals surface area contributed by atoms with Gasteiger partial charge in [-0.15, -0.1) is 0 Å². The van der Waals surface area contributed by atoms with Crippen molar-refractivity contribution in [3.8, 4) is 0 Å². The van der Waals surface area contributed by atoms with Crippen molar-refractivity contribution in [2.45, 2.75) is 58.5 Å². The van der Waals surface area contributed by atoms with Crippen LogP contribution in [0.4, 0.5) is 8.78 Å². The SMILES string of the molecule is Cc1cc(C)c(C(O)C2CCC(F)(F)CC2)cc1C. The van der Waals surface area contributed by atoms with E-state index in [1.54, 1.807) is 0 Å². The molecule has 0 aliphatic heterocycles. The van der Waals surface area contributed by atoms with Crippen molar-refractivity contribution >= 4 is 0 Å². The van der Waals surface area contributed by atoms with Crippen LogP contribution in [0.3, 0.4) is 0 Å². The number of alkyl halides is 2. The highest BCUT2D eigenvalue weighted by atomic mass is 19.3. The molecule has 0 saturated heterocycles. The molecule has 0 aromatic heterocycles. The third-order valence-electron chi connectivity index (χ3n) is 4.41. The van der Waals surface area contributed by atoms with Crippen LogP contribution >= 0.6 is 0 Å². The highest BCUT2D eigenvalue weighted by molar-refractivity contribution is 5.37. The number of rotatable bonds is 2. The largest absolute Gasteiger partial charge is 0.388 e. The normalized spacial score (nSPS) is 21.4. The van der Waals surface area contributed by atoms with Gasteiger partial charge >= 0.3 is 0 Å². The van der Waals surface area contributed by atoms with Gasteiger partial charge in [-0.25, -0.2) is 8.78 Å². The molecule has 19 heavy (non-hydrogen) atoms. The van der Waals surface area contributed by atoms with Crippen LogP contribution in [-0.2, 0) is 0 Å². The summed E-state index contributed by atoms with van der Waals surface area (Å²) in [6.45, 7) is 6.03. The van der Waals surface area contributed by atoms with E-state index < -0.39 is 12.0 Å². The minimum atomic E-state index is -2.53. The van der Waals surface area contributed by atoms with Crippen molar-refractivity contribution in [2.75, 3.05) is 0 Å². The third-order valence-corrected chi connectivity index (χ3v) is 4.41. The maximum absolute atomic E-state index is 13.2. The van der Waals surface area contributed by atoms with E-state index in [4.69, 9.17) is 0 Å². The molecule has 1 aromatic carbocycles. The van der Waals surface area contributed by atoms with E-state index in [9.17, 15) is 13.9 Å². The van der Waals surface area contributed by atoms with Crippen molar-refractivity contribution in [2.24, 2.45) is 5.92 Å². The Bertz CT molecular complexity index is 458. The molecule has 0 radical (unpaired) electrons. The molecule has 1 aliphatic carbocycles. The molecule has 0 amide bonds. The van der Waals surface area contributed by atoms with E-state index in [2.05, 4.69) is 6.07 Å². The maximum Gasteiger partial charge on any atom is 0.248 e. The zero-order valence-corrected chi connectivity index (χ0v) is 11.8. The van der Waals surface area contributed by atoms with Crippen LogP contribution < -0.4 is 0 Å². The third kappa shape index (κ3) is 3.14. The molecule has 0 bridgehead atoms. The fourth-order valence-corrected chi connectivity index (χ4v) is 2.93. The first-order valence-electron chi connectivity index (χ1n) is 6.94. The van der Waals surface area contributed by atoms with Crippen molar-refractivity contribution in [1.29, 1.82) is 0 Å². The lowest BCUT2D eigenvalue weighted by Crippen LogP contribution is -2.28. The van der Waals surface area contributed by atoms with E-state index in [1.165, 1.54) is 5.56 Å². The van der Waals surface area contributed by atoms with Gasteiger partial charge in [-0.05, 0) is 61.8 Å². The summed E-state index contributed by atoms with van der Waals surface area (Å²) in [4.78, 5) is 0. The van der Waals surface area contributed by atoms with Crippen LogP contribution in [0.5, 0.6) is 0 Å². The van der Waals surface area contributed by atoms with Gasteiger partial charge in [-0.1, -0.05) is 12.1 Å². The van der Waals surface area contributed by atoms with Gasteiger partial charge in [0.2, 0.25) is 5.92 Å². The van der Waals surface area contributed by atoms with E-state index in [1.807, 2.05) is 26.8 Å². The Morgan fingerprint density at radius 2 is 1.58 bits per heavy atom. The number of aliphatic hydroxyl groups excluding tert-OH is 1. The highest BCUT2D eigenvalue weighted by Gasteiger charge is 2.37. The number of halogens is 2. The monoisotopic (exact) mass is 268 g/mol. The Morgan fingerprint density at radius 3 is 2.16 bits per heavy atom. The minimum Gasteiger partial charge on any atom is -0.388 e. The summed E-state index contributed by atoms with van der Waals surface area (Å²) >= 11 is 0. The van der Waals surface area contributed by atoms with Gasteiger partial charge in [-0.3, -0.25) is 0 Å². The van der Waals surface area contributed by atoms with Crippen LogP contribution in [0.2, 0.25) is 0 Å². The van der Waals surface area contributed by atoms with Gasteiger partial charge in [0.1, 0.15) is 0 Å². The van der Waals surface area contributed by atoms with Gasteiger partial charge in [0, 0.05) is 12.8 Å². The van der Waals surface area contributed by atoms with Crippen molar-refractivity contribution < 1.29 is 13.9 Å². The molecule has 2 rings (SSSR count). The van der Waals surface area contributed by atoms with Gasteiger partial charge in [0.05, 0.1) is 6.10 Å². The summed E-state index contributed by atoms with van der Waals surface area (Å²) in [6, 6.07) is 4.06. The second kappa shape index (κ2) is 5.20. The van der Waals surface area contributed by atoms with E-state index >= 15 is 0 Å². The first-order chi connectivity index (χ1) is 8.80. The van der Waals surface area contributed by atoms with Crippen molar-refractivity contribution in [1.82, 2.24) is 0 Å². The second-order valence-corrected chi connectivity index (χ2v) is 5.93. The molecule has 1 atom stereocenters. The fourth-order valence-electron chi connectivity index (χ4n) is 2.93. The Morgan fingerprint density at radius 1 is 1.05 bits per heavy atom. The molecule has 1 N–H and O–H groups in total. The minimum absolute atomic E-state index is 0.0413. The summed E-state index contributed by atoms with van der Waals surface area (Å²) < 4.78 is 26.3. The number of hydrogen-bond donors (Lipinski definition) is 1. The summed E-state index contributed by atoms with van der Waals surface area (Å²) in [6.07, 6.45) is -0.00595. The fraction of sp³-hybridized carbons (Fsp3) is 0.625. The molecule has 3 heteroatoms. The van der Waals surface area contributed by atoms with E-state index in [0.29, 0.717) is 12.8 Å². The molecule has 0 spiro atoms. The lowest BCUT2D eigenvalue weighted by atomic mass is 9.80. The molecule has 1 saturated carbocycles. The van der Waals surface area contributed by atoms with Gasteiger partial charge in [0.25, 0.3) is 0 Å². The summed E-state index contributed by atoms with van der Waals surface area (Å²) in [5, 5.41) is 10.5. The second-order valence-electron chi connectivity index (χ2n) is 5.93. The Balaban J connectivity index is 2.16. The predicted octanol–water partition coefficient (Wildman–Crippen LogP) is 4.47. The lowest BCUT2D eigenvalue weighted by molar-refractivity contribution is -0.0627. The van der Waals surface area contributed by atoms with Gasteiger partial charge in [0.15, 0.2) is 0 Å². The van der Waals surface area contributed by atoms with E-state index in [0.717, 1.165) is 16.7 Å². The molecular weight excluding hydrogens is 246 g/mol. The highest BCUT2D eigenvalue weighted by Crippen LogP contribution is 2.42. The Hall–Kier alpha value is -0.960. The molecule has 1 unspecified atom stereocenters.